The van der Waals surface area contributed by atoms with Gasteiger partial charge < -0.3 is 19.5 Å². The summed E-state index contributed by atoms with van der Waals surface area (Å²) in [6.07, 6.45) is 7.81. The van der Waals surface area contributed by atoms with Gasteiger partial charge in [-0.3, -0.25) is 0 Å². The molecule has 2 aliphatic carbocycles. The second-order valence-corrected chi connectivity index (χ2v) is 11.2. The van der Waals surface area contributed by atoms with E-state index in [1.54, 1.807) is 19.8 Å². The van der Waals surface area contributed by atoms with Gasteiger partial charge in [0.15, 0.2) is 6.29 Å². The van der Waals surface area contributed by atoms with Crippen LogP contribution < -0.4 is 4.90 Å². The Balaban J connectivity index is 1.33. The summed E-state index contributed by atoms with van der Waals surface area (Å²) < 4.78 is 11.0. The largest absolute Gasteiger partial charge is 0.508 e. The highest BCUT2D eigenvalue weighted by Gasteiger charge is 2.47. The van der Waals surface area contributed by atoms with Gasteiger partial charge in [-0.25, -0.2) is 0 Å². The van der Waals surface area contributed by atoms with Crippen molar-refractivity contribution in [1.29, 1.82) is 0 Å². The molecule has 0 radical (unpaired) electrons. The molecular formula is C33H39NO3. The Morgan fingerprint density at radius 1 is 0.865 bits per heavy atom. The van der Waals surface area contributed by atoms with E-state index in [-0.39, 0.29) is 11.7 Å². The lowest BCUT2D eigenvalue weighted by Gasteiger charge is -2.49. The van der Waals surface area contributed by atoms with Crippen molar-refractivity contribution in [1.82, 2.24) is 0 Å². The molecule has 1 N–H and O–H groups in total. The third kappa shape index (κ3) is 4.34. The summed E-state index contributed by atoms with van der Waals surface area (Å²) in [5.74, 6) is 1.12. The van der Waals surface area contributed by atoms with Gasteiger partial charge in [0.2, 0.25) is 0 Å². The lowest BCUT2D eigenvalue weighted by molar-refractivity contribution is -0.141. The zero-order chi connectivity index (χ0) is 25.4. The number of piperidine rings is 1. The Morgan fingerprint density at radius 2 is 1.62 bits per heavy atom. The fourth-order valence-electron chi connectivity index (χ4n) is 7.69. The van der Waals surface area contributed by atoms with Gasteiger partial charge in [-0.15, -0.1) is 0 Å². The van der Waals surface area contributed by atoms with Gasteiger partial charge in [0, 0.05) is 50.2 Å². The van der Waals surface area contributed by atoms with Crippen molar-refractivity contribution < 1.29 is 14.6 Å². The molecule has 1 heterocycles. The van der Waals surface area contributed by atoms with Crippen LogP contribution in [0.5, 0.6) is 5.75 Å². The minimum atomic E-state index is -0.107. The van der Waals surface area contributed by atoms with E-state index in [0.717, 1.165) is 38.8 Å². The highest BCUT2D eigenvalue weighted by molar-refractivity contribution is 5.55. The Kier molecular flexibility index (Phi) is 6.73. The molecule has 2 atom stereocenters. The van der Waals surface area contributed by atoms with Gasteiger partial charge in [0.25, 0.3) is 0 Å². The molecule has 1 fully saturated rings. The summed E-state index contributed by atoms with van der Waals surface area (Å²) in [5.41, 5.74) is 8.55. The van der Waals surface area contributed by atoms with Crippen LogP contribution in [0.3, 0.4) is 0 Å². The molecule has 3 aromatic rings. The molecule has 6 rings (SSSR count). The van der Waals surface area contributed by atoms with E-state index < -0.39 is 0 Å². The number of phenolic OH excluding ortho intramolecular Hbond substituents is 1. The number of fused-ring (bicyclic) bond motifs is 3. The van der Waals surface area contributed by atoms with Crippen molar-refractivity contribution in [2.45, 2.75) is 62.6 Å². The summed E-state index contributed by atoms with van der Waals surface area (Å²) in [5, 5.41) is 10.2. The first-order chi connectivity index (χ1) is 18.1. The van der Waals surface area contributed by atoms with Crippen LogP contribution in [0.15, 0.2) is 66.7 Å². The normalized spacial score (nSPS) is 23.8. The summed E-state index contributed by atoms with van der Waals surface area (Å²) in [7, 11) is 3.48. The van der Waals surface area contributed by atoms with E-state index in [2.05, 4.69) is 59.5 Å². The van der Waals surface area contributed by atoms with Crippen molar-refractivity contribution >= 4 is 5.69 Å². The van der Waals surface area contributed by atoms with E-state index in [4.69, 9.17) is 9.47 Å². The van der Waals surface area contributed by atoms with Crippen molar-refractivity contribution in [3.05, 3.63) is 94.5 Å². The predicted octanol–water partition coefficient (Wildman–Crippen LogP) is 6.58. The Morgan fingerprint density at radius 3 is 2.38 bits per heavy atom. The number of ether oxygens (including phenoxy) is 2. The maximum atomic E-state index is 10.2. The van der Waals surface area contributed by atoms with Gasteiger partial charge in [0.1, 0.15) is 5.75 Å². The molecule has 1 saturated heterocycles. The predicted molar refractivity (Wildman–Crippen MR) is 149 cm³/mol. The number of phenols is 1. The zero-order valence-corrected chi connectivity index (χ0v) is 22.2. The quantitative estimate of drug-likeness (QED) is 0.404. The SMILES string of the molecule is COC(OC)C1CCN(c2ccc([C@H]3c4ccc(O)cc4CC[C@]34CCCc3ccccc34)cc2)CC1. The molecule has 1 aliphatic heterocycles. The maximum Gasteiger partial charge on any atom is 0.159 e. The maximum absolute atomic E-state index is 10.2. The zero-order valence-electron chi connectivity index (χ0n) is 22.2. The number of methoxy groups -OCH3 is 2. The van der Waals surface area contributed by atoms with Crippen LogP contribution in [0.2, 0.25) is 0 Å². The molecule has 194 valence electrons. The number of aryl methyl sites for hydroxylation is 2. The van der Waals surface area contributed by atoms with Gasteiger partial charge in [-0.05, 0) is 97.0 Å². The summed E-state index contributed by atoms with van der Waals surface area (Å²) >= 11 is 0. The van der Waals surface area contributed by atoms with Crippen LogP contribution in [-0.4, -0.2) is 38.7 Å². The first-order valence-electron chi connectivity index (χ1n) is 13.9. The van der Waals surface area contributed by atoms with Crippen LogP contribution >= 0.6 is 0 Å². The molecule has 1 spiro atoms. The van der Waals surface area contributed by atoms with Gasteiger partial charge in [0.05, 0.1) is 0 Å². The van der Waals surface area contributed by atoms with Crippen molar-refractivity contribution in [3.8, 4) is 5.75 Å². The molecule has 0 unspecified atom stereocenters. The summed E-state index contributed by atoms with van der Waals surface area (Å²) in [6, 6.07) is 24.6. The lowest BCUT2D eigenvalue weighted by atomic mass is 9.54. The molecule has 0 saturated carbocycles. The highest BCUT2D eigenvalue weighted by Crippen LogP contribution is 2.56. The van der Waals surface area contributed by atoms with Crippen LogP contribution in [-0.2, 0) is 27.7 Å². The minimum Gasteiger partial charge on any atom is -0.508 e. The average molecular weight is 498 g/mol. The molecule has 4 heteroatoms. The number of nitrogens with zero attached hydrogens (tertiary/aromatic N) is 1. The Labute approximate surface area is 221 Å². The van der Waals surface area contributed by atoms with Gasteiger partial charge in [-0.2, -0.15) is 0 Å². The van der Waals surface area contributed by atoms with Gasteiger partial charge in [-0.1, -0.05) is 42.5 Å². The van der Waals surface area contributed by atoms with Crippen LogP contribution in [0.25, 0.3) is 0 Å². The fourth-order valence-corrected chi connectivity index (χ4v) is 7.69. The van der Waals surface area contributed by atoms with E-state index >= 15 is 0 Å². The van der Waals surface area contributed by atoms with E-state index in [1.807, 2.05) is 12.1 Å². The number of hydrogen-bond acceptors (Lipinski definition) is 4. The fraction of sp³-hybridized carbons (Fsp3) is 0.455. The van der Waals surface area contributed by atoms with E-state index in [1.165, 1.54) is 47.2 Å². The van der Waals surface area contributed by atoms with E-state index in [9.17, 15) is 5.11 Å². The molecule has 4 nitrogen and oxygen atoms in total. The number of hydrogen-bond donors (Lipinski definition) is 1. The third-order valence-corrected chi connectivity index (χ3v) is 9.43. The topological polar surface area (TPSA) is 41.9 Å². The highest BCUT2D eigenvalue weighted by atomic mass is 16.7. The molecule has 0 amide bonds. The first kappa shape index (κ1) is 24.5. The minimum absolute atomic E-state index is 0.105. The first-order valence-corrected chi connectivity index (χ1v) is 13.9. The standard InChI is InChI=1S/C33H39NO3/c1-36-32(37-2)25-16-20-34(21-17-25)27-11-9-24(10-12-27)31-29-14-13-28(35)22-26(29)15-19-33(31)18-5-7-23-6-3-4-8-30(23)33/h3-4,6,8-14,22,25,31-32,35H,5,7,15-21H2,1-2H3/t31-,33-/m0/s1. The second-order valence-electron chi connectivity index (χ2n) is 11.2. The van der Waals surface area contributed by atoms with Crippen LogP contribution in [0.4, 0.5) is 5.69 Å². The smallest absolute Gasteiger partial charge is 0.159 e. The molecule has 37 heavy (non-hydrogen) atoms. The number of anilines is 1. The van der Waals surface area contributed by atoms with Crippen LogP contribution in [0.1, 0.15) is 65.8 Å². The average Bonchev–Trinajstić information content (AvgIpc) is 2.95. The monoisotopic (exact) mass is 497 g/mol. The third-order valence-electron chi connectivity index (χ3n) is 9.43. The molecular weight excluding hydrogens is 458 g/mol. The van der Waals surface area contributed by atoms with Crippen molar-refractivity contribution in [2.24, 2.45) is 5.92 Å². The molecule has 0 aromatic heterocycles. The van der Waals surface area contributed by atoms with Crippen molar-refractivity contribution in [2.75, 3.05) is 32.2 Å². The Hall–Kier alpha value is -2.82. The molecule has 3 aromatic carbocycles. The molecule has 0 bridgehead atoms. The number of benzene rings is 3. The summed E-state index contributed by atoms with van der Waals surface area (Å²) in [4.78, 5) is 2.50. The van der Waals surface area contributed by atoms with E-state index in [0.29, 0.717) is 17.6 Å². The Bertz CT molecular complexity index is 1230. The number of rotatable bonds is 5. The van der Waals surface area contributed by atoms with Gasteiger partial charge >= 0.3 is 0 Å². The molecule has 3 aliphatic rings. The summed E-state index contributed by atoms with van der Waals surface area (Å²) in [6.45, 7) is 2.05. The second kappa shape index (κ2) is 10.2. The number of aromatic hydroxyl groups is 1. The lowest BCUT2D eigenvalue weighted by Crippen LogP contribution is -2.41. The van der Waals surface area contributed by atoms with Crippen LogP contribution in [0, 0.1) is 5.92 Å². The van der Waals surface area contributed by atoms with Crippen molar-refractivity contribution in [3.63, 3.8) is 0 Å².